The van der Waals surface area contributed by atoms with Crippen molar-refractivity contribution in [2.45, 2.75) is 11.8 Å². The van der Waals surface area contributed by atoms with E-state index in [1.54, 1.807) is 30.3 Å². The molecule has 10 heteroatoms. The van der Waals surface area contributed by atoms with Gasteiger partial charge in [0.15, 0.2) is 0 Å². The highest BCUT2D eigenvalue weighted by atomic mass is 32.2. The number of rotatable bonds is 10. The minimum atomic E-state index is -4.00. The molecule has 2 aromatic carbocycles. The molecule has 0 aliphatic rings. The summed E-state index contributed by atoms with van der Waals surface area (Å²) in [5, 5.41) is 3.85. The summed E-state index contributed by atoms with van der Waals surface area (Å²) in [6.07, 6.45) is 1.45. The molecule has 0 saturated heterocycles. The number of hydrogen-bond acceptors (Lipinski definition) is 7. The second-order valence-corrected chi connectivity index (χ2v) is 8.09. The van der Waals surface area contributed by atoms with Crippen LogP contribution in [0.2, 0.25) is 0 Å². The smallest absolute Gasteiger partial charge is 0.255 e. The lowest BCUT2D eigenvalue weighted by Crippen LogP contribution is -2.36. The molecule has 9 nitrogen and oxygen atoms in total. The minimum Gasteiger partial charge on any atom is -0.497 e. The molecule has 0 radical (unpaired) electrons. The van der Waals surface area contributed by atoms with Crippen LogP contribution in [-0.4, -0.2) is 59.3 Å². The standard InChI is InChI=1S/C20H25N3O6S/c1-5-29-16-8-6-15(7-9-16)13-21-22-20(24)14-23(2)30(25,26)19-12-17(27-3)10-11-18(19)28-4/h6-13H,5,14H2,1-4H3,(H,22,24)/b21-13-. The van der Waals surface area contributed by atoms with E-state index in [9.17, 15) is 13.2 Å². The van der Waals surface area contributed by atoms with E-state index in [1.807, 2.05) is 6.92 Å². The van der Waals surface area contributed by atoms with Gasteiger partial charge in [-0.15, -0.1) is 0 Å². The van der Waals surface area contributed by atoms with Crippen LogP contribution in [0.15, 0.2) is 52.5 Å². The Morgan fingerprint density at radius 2 is 1.77 bits per heavy atom. The van der Waals surface area contributed by atoms with Gasteiger partial charge in [-0.1, -0.05) is 0 Å². The average Bonchev–Trinajstić information content (AvgIpc) is 2.74. The second-order valence-electron chi connectivity index (χ2n) is 6.07. The number of carbonyl (C=O) groups is 1. The third-order valence-electron chi connectivity index (χ3n) is 4.02. The molecular formula is C20H25N3O6S. The van der Waals surface area contributed by atoms with E-state index in [-0.39, 0.29) is 10.6 Å². The molecule has 1 amide bonds. The maximum absolute atomic E-state index is 12.9. The Morgan fingerprint density at radius 1 is 1.10 bits per heavy atom. The molecule has 1 N–H and O–H groups in total. The summed E-state index contributed by atoms with van der Waals surface area (Å²) in [5.74, 6) is 0.646. The fourth-order valence-electron chi connectivity index (χ4n) is 2.47. The molecular weight excluding hydrogens is 410 g/mol. The SMILES string of the molecule is CCOc1ccc(/C=N\NC(=O)CN(C)S(=O)(=O)c2cc(OC)ccc2OC)cc1. The Balaban J connectivity index is 2.02. The second kappa shape index (κ2) is 10.6. The van der Waals surface area contributed by atoms with Crippen molar-refractivity contribution in [3.8, 4) is 17.2 Å². The monoisotopic (exact) mass is 435 g/mol. The van der Waals surface area contributed by atoms with Crippen molar-refractivity contribution in [2.24, 2.45) is 5.10 Å². The lowest BCUT2D eigenvalue weighted by molar-refractivity contribution is -0.121. The first-order valence-corrected chi connectivity index (χ1v) is 10.5. The molecule has 0 spiro atoms. The number of benzene rings is 2. The fraction of sp³-hybridized carbons (Fsp3) is 0.300. The third-order valence-corrected chi connectivity index (χ3v) is 5.84. The van der Waals surface area contributed by atoms with Gasteiger partial charge in [-0.2, -0.15) is 9.41 Å². The highest BCUT2D eigenvalue weighted by Gasteiger charge is 2.27. The molecule has 162 valence electrons. The van der Waals surface area contributed by atoms with Gasteiger partial charge in [0.1, 0.15) is 22.1 Å². The largest absolute Gasteiger partial charge is 0.497 e. The highest BCUT2D eigenvalue weighted by Crippen LogP contribution is 2.30. The van der Waals surface area contributed by atoms with Crippen LogP contribution >= 0.6 is 0 Å². The number of nitrogens with one attached hydrogen (secondary N) is 1. The van der Waals surface area contributed by atoms with Gasteiger partial charge < -0.3 is 14.2 Å². The quantitative estimate of drug-likeness (QED) is 0.451. The molecule has 0 aliphatic heterocycles. The first kappa shape index (κ1) is 23.2. The van der Waals surface area contributed by atoms with Gasteiger partial charge in [0.05, 0.1) is 33.6 Å². The van der Waals surface area contributed by atoms with Crippen molar-refractivity contribution >= 4 is 22.1 Å². The summed E-state index contributed by atoms with van der Waals surface area (Å²) in [6, 6.07) is 11.6. The molecule has 30 heavy (non-hydrogen) atoms. The topological polar surface area (TPSA) is 107 Å². The number of likely N-dealkylation sites (N-methyl/N-ethyl adjacent to an activating group) is 1. The van der Waals surface area contributed by atoms with E-state index in [4.69, 9.17) is 14.2 Å². The van der Waals surface area contributed by atoms with Gasteiger partial charge in [-0.25, -0.2) is 13.8 Å². The maximum atomic E-state index is 12.9. The molecule has 0 saturated carbocycles. The molecule has 2 rings (SSSR count). The summed E-state index contributed by atoms with van der Waals surface area (Å²) in [6.45, 7) is 2.04. The predicted molar refractivity (Wildman–Crippen MR) is 113 cm³/mol. The van der Waals surface area contributed by atoms with Crippen LogP contribution in [0.4, 0.5) is 0 Å². The number of methoxy groups -OCH3 is 2. The van der Waals surface area contributed by atoms with Crippen LogP contribution in [0, 0.1) is 0 Å². The van der Waals surface area contributed by atoms with E-state index < -0.39 is 22.5 Å². The normalized spacial score (nSPS) is 11.5. The van der Waals surface area contributed by atoms with Gasteiger partial charge in [0.2, 0.25) is 10.0 Å². The first-order valence-electron chi connectivity index (χ1n) is 9.05. The van der Waals surface area contributed by atoms with Gasteiger partial charge in [0, 0.05) is 13.1 Å². The van der Waals surface area contributed by atoms with Crippen molar-refractivity contribution in [1.82, 2.24) is 9.73 Å². The number of nitrogens with zero attached hydrogens (tertiary/aromatic N) is 2. The maximum Gasteiger partial charge on any atom is 0.255 e. The van der Waals surface area contributed by atoms with Gasteiger partial charge >= 0.3 is 0 Å². The first-order chi connectivity index (χ1) is 14.3. The van der Waals surface area contributed by atoms with Crippen LogP contribution < -0.4 is 19.6 Å². The average molecular weight is 436 g/mol. The molecule has 2 aromatic rings. The van der Waals surface area contributed by atoms with Gasteiger partial charge in [0.25, 0.3) is 5.91 Å². The molecule has 0 fully saturated rings. The predicted octanol–water partition coefficient (Wildman–Crippen LogP) is 1.87. The van der Waals surface area contributed by atoms with Gasteiger partial charge in [-0.05, 0) is 48.9 Å². The van der Waals surface area contributed by atoms with Crippen molar-refractivity contribution in [2.75, 3.05) is 34.4 Å². The Labute approximate surface area is 176 Å². The summed E-state index contributed by atoms with van der Waals surface area (Å²) >= 11 is 0. The van der Waals surface area contributed by atoms with Crippen LogP contribution in [0.3, 0.4) is 0 Å². The van der Waals surface area contributed by atoms with Crippen LogP contribution in [-0.2, 0) is 14.8 Å². The third kappa shape index (κ3) is 5.94. The van der Waals surface area contributed by atoms with E-state index in [0.717, 1.165) is 15.6 Å². The Morgan fingerprint density at radius 3 is 2.37 bits per heavy atom. The fourth-order valence-corrected chi connectivity index (χ4v) is 3.77. The lowest BCUT2D eigenvalue weighted by Gasteiger charge is -2.18. The molecule has 0 heterocycles. The van der Waals surface area contributed by atoms with Crippen LogP contribution in [0.1, 0.15) is 12.5 Å². The number of carbonyl (C=O) groups excluding carboxylic acids is 1. The molecule has 0 atom stereocenters. The zero-order valence-corrected chi connectivity index (χ0v) is 18.1. The van der Waals surface area contributed by atoms with E-state index in [0.29, 0.717) is 12.4 Å². The lowest BCUT2D eigenvalue weighted by atomic mass is 10.2. The van der Waals surface area contributed by atoms with Crippen molar-refractivity contribution < 1.29 is 27.4 Å². The van der Waals surface area contributed by atoms with Crippen molar-refractivity contribution in [3.63, 3.8) is 0 Å². The Hall–Kier alpha value is -3.11. The van der Waals surface area contributed by atoms with Crippen molar-refractivity contribution in [3.05, 3.63) is 48.0 Å². The van der Waals surface area contributed by atoms with E-state index >= 15 is 0 Å². The summed E-state index contributed by atoms with van der Waals surface area (Å²) in [5.41, 5.74) is 3.06. The van der Waals surface area contributed by atoms with E-state index in [1.165, 1.54) is 39.6 Å². The van der Waals surface area contributed by atoms with Crippen LogP contribution in [0.25, 0.3) is 0 Å². The summed E-state index contributed by atoms with van der Waals surface area (Å²) < 4.78 is 42.2. The van der Waals surface area contributed by atoms with Crippen molar-refractivity contribution in [1.29, 1.82) is 0 Å². The van der Waals surface area contributed by atoms with Gasteiger partial charge in [-0.3, -0.25) is 4.79 Å². The zero-order chi connectivity index (χ0) is 22.1. The zero-order valence-electron chi connectivity index (χ0n) is 17.3. The van der Waals surface area contributed by atoms with Crippen LogP contribution in [0.5, 0.6) is 17.2 Å². The number of sulfonamides is 1. The molecule has 0 bridgehead atoms. The summed E-state index contributed by atoms with van der Waals surface area (Å²) in [7, 11) is 0.0931. The minimum absolute atomic E-state index is 0.0995. The highest BCUT2D eigenvalue weighted by molar-refractivity contribution is 7.89. The molecule has 0 aromatic heterocycles. The Kier molecular flexibility index (Phi) is 8.19. The molecule has 0 aliphatic carbocycles. The number of hydrogen-bond donors (Lipinski definition) is 1. The number of hydrazone groups is 1. The molecule has 0 unspecified atom stereocenters. The number of amides is 1. The number of ether oxygens (including phenoxy) is 3. The Bertz CT molecular complexity index is 990. The summed E-state index contributed by atoms with van der Waals surface area (Å²) in [4.78, 5) is 12.0. The van der Waals surface area contributed by atoms with E-state index in [2.05, 4.69) is 10.5 Å².